The number of aliphatic hydroxyl groups is 1. The Morgan fingerprint density at radius 2 is 2.26 bits per heavy atom. The Morgan fingerprint density at radius 3 is 2.96 bits per heavy atom. The first kappa shape index (κ1) is 16.5. The van der Waals surface area contributed by atoms with Crippen LogP contribution in [0.3, 0.4) is 0 Å². The summed E-state index contributed by atoms with van der Waals surface area (Å²) in [5, 5.41) is 10.3. The van der Waals surface area contributed by atoms with Gasteiger partial charge in [-0.25, -0.2) is 0 Å². The normalized spacial score (nSPS) is 39.7. The zero-order chi connectivity index (χ0) is 16.4. The Hall–Kier alpha value is -1.40. The number of fused-ring (bicyclic) bond motifs is 1. The molecule has 0 aromatic heterocycles. The molecule has 3 aliphatic rings. The zero-order valence-electron chi connectivity index (χ0n) is 13.4. The fraction of sp³-hybridized carbons (Fsp3) is 0.765. The minimum Gasteiger partial charge on any atom is -0.469 e. The van der Waals surface area contributed by atoms with Crippen LogP contribution in [-0.4, -0.2) is 42.1 Å². The van der Waals surface area contributed by atoms with Gasteiger partial charge in [-0.05, 0) is 24.7 Å². The van der Waals surface area contributed by atoms with E-state index >= 15 is 0 Å². The van der Waals surface area contributed by atoms with Crippen LogP contribution in [0.15, 0.2) is 12.2 Å². The Balaban J connectivity index is 1.56. The maximum absolute atomic E-state index is 11.4. The first-order valence-electron chi connectivity index (χ1n) is 8.32. The first-order valence-corrected chi connectivity index (χ1v) is 8.32. The highest BCUT2D eigenvalue weighted by atomic mass is 16.7. The molecule has 0 radical (unpaired) electrons. The van der Waals surface area contributed by atoms with Crippen molar-refractivity contribution in [1.82, 2.24) is 0 Å². The second-order valence-corrected chi connectivity index (χ2v) is 6.70. The molecule has 6 heteroatoms. The van der Waals surface area contributed by atoms with Gasteiger partial charge in [-0.15, -0.1) is 0 Å². The SMILES string of the molecule is COC(=O)C/C=C\C[C@@H]1C2CC[C@@]3(CCC(=O)O3)O[C@H]2C[C@@H]1O. The van der Waals surface area contributed by atoms with Crippen molar-refractivity contribution >= 4 is 11.9 Å². The molecule has 5 atom stereocenters. The Morgan fingerprint density at radius 1 is 1.43 bits per heavy atom. The van der Waals surface area contributed by atoms with Crippen LogP contribution in [0.1, 0.15) is 44.9 Å². The largest absolute Gasteiger partial charge is 0.469 e. The van der Waals surface area contributed by atoms with E-state index in [-0.39, 0.29) is 36.3 Å². The monoisotopic (exact) mass is 324 g/mol. The molecular weight excluding hydrogens is 300 g/mol. The molecule has 3 rings (SSSR count). The van der Waals surface area contributed by atoms with Gasteiger partial charge in [-0.2, -0.15) is 0 Å². The summed E-state index contributed by atoms with van der Waals surface area (Å²) in [6, 6.07) is 0. The standard InChI is InChI=1S/C17H24O6/c1-21-15(19)5-3-2-4-11-12-6-8-17(9-7-16(20)23-17)22-14(12)10-13(11)18/h2-3,11-14,18H,4-10H2,1H3/b3-2-/t11-,12?,13+,14+,17-/m1/s1. The number of carbonyl (C=O) groups excluding carboxylic acids is 2. The predicted molar refractivity (Wildman–Crippen MR) is 80.2 cm³/mol. The van der Waals surface area contributed by atoms with E-state index in [2.05, 4.69) is 4.74 Å². The Bertz CT molecular complexity index is 501. The average molecular weight is 324 g/mol. The summed E-state index contributed by atoms with van der Waals surface area (Å²) < 4.78 is 16.1. The van der Waals surface area contributed by atoms with Crippen LogP contribution < -0.4 is 0 Å². The molecule has 2 saturated heterocycles. The van der Waals surface area contributed by atoms with Gasteiger partial charge < -0.3 is 19.3 Å². The van der Waals surface area contributed by atoms with E-state index in [1.165, 1.54) is 7.11 Å². The summed E-state index contributed by atoms with van der Waals surface area (Å²) in [5.74, 6) is -0.796. The van der Waals surface area contributed by atoms with Gasteiger partial charge in [0.2, 0.25) is 5.79 Å². The number of rotatable bonds is 4. The smallest absolute Gasteiger partial charge is 0.309 e. The van der Waals surface area contributed by atoms with Crippen LogP contribution in [0.25, 0.3) is 0 Å². The van der Waals surface area contributed by atoms with E-state index < -0.39 is 11.9 Å². The van der Waals surface area contributed by atoms with Gasteiger partial charge in [-0.3, -0.25) is 9.59 Å². The molecule has 1 N–H and O–H groups in total. The van der Waals surface area contributed by atoms with Gasteiger partial charge in [0.1, 0.15) is 0 Å². The van der Waals surface area contributed by atoms with Crippen LogP contribution in [-0.2, 0) is 23.8 Å². The second kappa shape index (κ2) is 6.61. The number of carbonyl (C=O) groups is 2. The topological polar surface area (TPSA) is 82.1 Å². The molecule has 0 aromatic carbocycles. The van der Waals surface area contributed by atoms with Crippen molar-refractivity contribution in [2.45, 2.75) is 62.9 Å². The summed E-state index contributed by atoms with van der Waals surface area (Å²) in [4.78, 5) is 22.5. The van der Waals surface area contributed by atoms with Gasteiger partial charge in [0.25, 0.3) is 0 Å². The molecule has 1 spiro atoms. The molecule has 0 bridgehead atoms. The van der Waals surface area contributed by atoms with Crippen molar-refractivity contribution in [3.63, 3.8) is 0 Å². The maximum atomic E-state index is 11.4. The number of hydrogen-bond acceptors (Lipinski definition) is 6. The minimum atomic E-state index is -0.742. The third kappa shape index (κ3) is 3.43. The van der Waals surface area contributed by atoms with Gasteiger partial charge in [-0.1, -0.05) is 12.2 Å². The molecule has 1 unspecified atom stereocenters. The van der Waals surface area contributed by atoms with Crippen molar-refractivity contribution in [3.05, 3.63) is 12.2 Å². The molecule has 128 valence electrons. The Kier molecular flexibility index (Phi) is 4.73. The number of esters is 2. The molecule has 23 heavy (non-hydrogen) atoms. The number of allylic oxidation sites excluding steroid dienone is 1. The van der Waals surface area contributed by atoms with Crippen LogP contribution in [0, 0.1) is 11.8 Å². The number of methoxy groups -OCH3 is 1. The number of aliphatic hydroxyl groups excluding tert-OH is 1. The van der Waals surface area contributed by atoms with Crippen molar-refractivity contribution < 1.29 is 28.9 Å². The van der Waals surface area contributed by atoms with E-state index in [0.29, 0.717) is 25.7 Å². The number of ether oxygens (including phenoxy) is 3. The third-order valence-corrected chi connectivity index (χ3v) is 5.32. The van der Waals surface area contributed by atoms with Crippen LogP contribution in [0.4, 0.5) is 0 Å². The van der Waals surface area contributed by atoms with E-state index in [4.69, 9.17) is 9.47 Å². The quantitative estimate of drug-likeness (QED) is 0.626. The minimum absolute atomic E-state index is 0.0522. The van der Waals surface area contributed by atoms with E-state index in [1.807, 2.05) is 6.08 Å². The van der Waals surface area contributed by atoms with Gasteiger partial charge in [0.05, 0.1) is 32.2 Å². The molecule has 2 heterocycles. The van der Waals surface area contributed by atoms with E-state index in [0.717, 1.165) is 12.8 Å². The molecule has 3 fully saturated rings. The van der Waals surface area contributed by atoms with Crippen LogP contribution >= 0.6 is 0 Å². The lowest BCUT2D eigenvalue weighted by Crippen LogP contribution is -2.44. The lowest BCUT2D eigenvalue weighted by Gasteiger charge is -2.40. The summed E-state index contributed by atoms with van der Waals surface area (Å²) in [5.41, 5.74) is 0. The fourth-order valence-corrected chi connectivity index (χ4v) is 4.11. The summed E-state index contributed by atoms with van der Waals surface area (Å²) in [6.45, 7) is 0. The first-order chi connectivity index (χ1) is 11.0. The van der Waals surface area contributed by atoms with Gasteiger partial charge in [0.15, 0.2) is 0 Å². The van der Waals surface area contributed by atoms with E-state index in [9.17, 15) is 14.7 Å². The summed E-state index contributed by atoms with van der Waals surface area (Å²) in [6.07, 6.45) is 7.44. The van der Waals surface area contributed by atoms with Crippen LogP contribution in [0.5, 0.6) is 0 Å². The van der Waals surface area contributed by atoms with Crippen molar-refractivity contribution in [1.29, 1.82) is 0 Å². The summed E-state index contributed by atoms with van der Waals surface area (Å²) >= 11 is 0. The zero-order valence-corrected chi connectivity index (χ0v) is 13.4. The second-order valence-electron chi connectivity index (χ2n) is 6.70. The summed E-state index contributed by atoms with van der Waals surface area (Å²) in [7, 11) is 1.37. The maximum Gasteiger partial charge on any atom is 0.309 e. The molecular formula is C17H24O6. The van der Waals surface area contributed by atoms with Gasteiger partial charge in [0, 0.05) is 19.3 Å². The van der Waals surface area contributed by atoms with Crippen molar-refractivity contribution in [2.75, 3.05) is 7.11 Å². The average Bonchev–Trinajstić information content (AvgIpc) is 3.03. The lowest BCUT2D eigenvalue weighted by molar-refractivity contribution is -0.260. The predicted octanol–water partition coefficient (Wildman–Crippen LogP) is 1.71. The molecule has 1 saturated carbocycles. The van der Waals surface area contributed by atoms with Gasteiger partial charge >= 0.3 is 11.9 Å². The Labute approximate surface area is 135 Å². The molecule has 1 aliphatic carbocycles. The lowest BCUT2D eigenvalue weighted by atomic mass is 9.83. The molecule has 2 aliphatic heterocycles. The fourth-order valence-electron chi connectivity index (χ4n) is 4.11. The highest BCUT2D eigenvalue weighted by molar-refractivity contribution is 5.72. The van der Waals surface area contributed by atoms with Crippen molar-refractivity contribution in [2.24, 2.45) is 11.8 Å². The van der Waals surface area contributed by atoms with Crippen LogP contribution in [0.2, 0.25) is 0 Å². The van der Waals surface area contributed by atoms with E-state index in [1.54, 1.807) is 6.08 Å². The molecule has 0 amide bonds. The van der Waals surface area contributed by atoms with Crippen molar-refractivity contribution in [3.8, 4) is 0 Å². The third-order valence-electron chi connectivity index (χ3n) is 5.32. The number of hydrogen-bond donors (Lipinski definition) is 1. The highest BCUT2D eigenvalue weighted by Crippen LogP contribution is 2.49. The molecule has 6 nitrogen and oxygen atoms in total. The molecule has 0 aromatic rings. The highest BCUT2D eigenvalue weighted by Gasteiger charge is 2.53.